The second kappa shape index (κ2) is 5.33. The van der Waals surface area contributed by atoms with E-state index >= 15 is 0 Å². The smallest absolute Gasteiger partial charge is 0.345 e. The van der Waals surface area contributed by atoms with Crippen LogP contribution in [-0.4, -0.2) is 22.5 Å². The van der Waals surface area contributed by atoms with Crippen LogP contribution < -0.4 is 5.56 Å². The average Bonchev–Trinajstić information content (AvgIpc) is 3.12. The lowest BCUT2D eigenvalue weighted by molar-refractivity contribution is 0.0496. The molecule has 1 N–H and O–H groups in total. The largest absolute Gasteiger partial charge is 0.462 e. The van der Waals surface area contributed by atoms with E-state index in [1.165, 1.54) is 0 Å². The summed E-state index contributed by atoms with van der Waals surface area (Å²) in [4.78, 5) is 30.6. The molecule has 98 valence electrons. The van der Waals surface area contributed by atoms with Crippen LogP contribution in [0, 0.1) is 6.92 Å². The van der Waals surface area contributed by atoms with Crippen molar-refractivity contribution in [1.29, 1.82) is 0 Å². The molecule has 0 bridgehead atoms. The molecular weight excluding hydrogens is 232 g/mol. The van der Waals surface area contributed by atoms with Crippen LogP contribution in [0.2, 0.25) is 0 Å². The summed E-state index contributed by atoms with van der Waals surface area (Å²) < 4.78 is 5.05. The number of carbonyl (C=O) groups is 1. The van der Waals surface area contributed by atoms with E-state index in [2.05, 4.69) is 9.97 Å². The van der Waals surface area contributed by atoms with Crippen LogP contribution in [0.25, 0.3) is 0 Å². The number of unbranched alkanes of at least 4 members (excludes halogenated alkanes) is 1. The number of hydrogen-bond donors (Lipinski definition) is 1. The molecular formula is C13H18N2O3. The Morgan fingerprint density at radius 2 is 2.22 bits per heavy atom. The van der Waals surface area contributed by atoms with Crippen LogP contribution in [0.15, 0.2) is 4.79 Å². The fraction of sp³-hybridized carbons (Fsp3) is 0.615. The number of carbonyl (C=O) groups excluding carboxylic acids is 1. The highest BCUT2D eigenvalue weighted by atomic mass is 16.5. The van der Waals surface area contributed by atoms with Crippen molar-refractivity contribution >= 4 is 5.97 Å². The maximum absolute atomic E-state index is 11.9. The minimum Gasteiger partial charge on any atom is -0.462 e. The molecule has 0 radical (unpaired) electrons. The minimum atomic E-state index is -0.572. The van der Waals surface area contributed by atoms with Gasteiger partial charge in [-0.25, -0.2) is 9.78 Å². The van der Waals surface area contributed by atoms with Gasteiger partial charge in [-0.2, -0.15) is 0 Å². The molecule has 0 spiro atoms. The lowest BCUT2D eigenvalue weighted by Gasteiger charge is -2.07. The third kappa shape index (κ3) is 2.78. The van der Waals surface area contributed by atoms with E-state index in [0.29, 0.717) is 24.0 Å². The molecule has 5 nitrogen and oxygen atoms in total. The molecule has 0 unspecified atom stereocenters. The van der Waals surface area contributed by atoms with Crippen molar-refractivity contribution in [1.82, 2.24) is 9.97 Å². The van der Waals surface area contributed by atoms with Gasteiger partial charge in [0.2, 0.25) is 0 Å². The van der Waals surface area contributed by atoms with Crippen molar-refractivity contribution in [3.63, 3.8) is 0 Å². The summed E-state index contributed by atoms with van der Waals surface area (Å²) in [5.41, 5.74) is 0.114. The maximum atomic E-state index is 11.9. The van der Waals surface area contributed by atoms with Gasteiger partial charge < -0.3 is 9.72 Å². The van der Waals surface area contributed by atoms with E-state index in [9.17, 15) is 9.59 Å². The Bertz CT molecular complexity index is 503. The predicted molar refractivity (Wildman–Crippen MR) is 66.8 cm³/mol. The van der Waals surface area contributed by atoms with Gasteiger partial charge in [-0.1, -0.05) is 13.3 Å². The first-order valence-electron chi connectivity index (χ1n) is 6.41. The number of esters is 1. The van der Waals surface area contributed by atoms with Gasteiger partial charge >= 0.3 is 5.97 Å². The van der Waals surface area contributed by atoms with E-state index in [1.807, 2.05) is 6.92 Å². The van der Waals surface area contributed by atoms with Crippen LogP contribution in [-0.2, 0) is 4.74 Å². The number of nitrogens with zero attached hydrogens (tertiary/aromatic N) is 1. The third-order valence-corrected chi connectivity index (χ3v) is 3.02. The summed E-state index contributed by atoms with van der Waals surface area (Å²) in [5, 5.41) is 0. The summed E-state index contributed by atoms with van der Waals surface area (Å²) in [5.74, 6) is 0.487. The Labute approximate surface area is 106 Å². The average molecular weight is 250 g/mol. The highest BCUT2D eigenvalue weighted by Gasteiger charge is 2.28. The van der Waals surface area contributed by atoms with Crippen LogP contribution in [0.1, 0.15) is 60.4 Å². The van der Waals surface area contributed by atoms with Crippen molar-refractivity contribution < 1.29 is 9.53 Å². The van der Waals surface area contributed by atoms with Crippen LogP contribution in [0.3, 0.4) is 0 Å². The fourth-order valence-corrected chi connectivity index (χ4v) is 1.78. The molecule has 5 heteroatoms. The van der Waals surface area contributed by atoms with Gasteiger partial charge in [0, 0.05) is 5.92 Å². The molecule has 1 aromatic heterocycles. The normalized spacial score (nSPS) is 14.6. The van der Waals surface area contributed by atoms with E-state index in [1.54, 1.807) is 6.92 Å². The van der Waals surface area contributed by atoms with Crippen LogP contribution in [0.4, 0.5) is 0 Å². The molecule has 0 amide bonds. The fourth-order valence-electron chi connectivity index (χ4n) is 1.78. The number of hydrogen-bond acceptors (Lipinski definition) is 4. The number of rotatable bonds is 5. The number of aromatic nitrogens is 2. The Hall–Kier alpha value is -1.65. The van der Waals surface area contributed by atoms with Gasteiger partial charge in [-0.3, -0.25) is 4.79 Å². The zero-order valence-electron chi connectivity index (χ0n) is 10.8. The van der Waals surface area contributed by atoms with Crippen molar-refractivity contribution in [2.45, 2.75) is 45.4 Å². The molecule has 2 rings (SSSR count). The first-order chi connectivity index (χ1) is 8.63. The Morgan fingerprint density at radius 3 is 2.78 bits per heavy atom. The Kier molecular flexibility index (Phi) is 3.79. The van der Waals surface area contributed by atoms with Crippen LogP contribution in [0.5, 0.6) is 0 Å². The molecule has 0 aromatic carbocycles. The van der Waals surface area contributed by atoms with Crippen molar-refractivity contribution in [3.8, 4) is 0 Å². The topological polar surface area (TPSA) is 72.0 Å². The van der Waals surface area contributed by atoms with Crippen molar-refractivity contribution in [2.24, 2.45) is 0 Å². The van der Waals surface area contributed by atoms with E-state index < -0.39 is 5.97 Å². The number of aromatic amines is 1. The second-order valence-corrected chi connectivity index (χ2v) is 4.68. The molecule has 1 aliphatic rings. The molecule has 1 heterocycles. The van der Waals surface area contributed by atoms with Gasteiger partial charge in [0.1, 0.15) is 11.4 Å². The maximum Gasteiger partial charge on any atom is 0.345 e. The first-order valence-corrected chi connectivity index (χ1v) is 6.41. The van der Waals surface area contributed by atoms with Crippen molar-refractivity contribution in [3.05, 3.63) is 27.4 Å². The number of ether oxygens (including phenoxy) is 1. The van der Waals surface area contributed by atoms with E-state index in [0.717, 1.165) is 25.7 Å². The lowest BCUT2D eigenvalue weighted by atomic mass is 10.2. The van der Waals surface area contributed by atoms with Gasteiger partial charge in [-0.05, 0) is 26.2 Å². The molecule has 0 saturated heterocycles. The molecule has 0 atom stereocenters. The summed E-state index contributed by atoms with van der Waals surface area (Å²) in [6.07, 6.45) is 3.86. The molecule has 1 aromatic rings. The monoisotopic (exact) mass is 250 g/mol. The standard InChI is InChI=1S/C13H18N2O3/c1-3-4-7-18-13(17)10-8(2)14-11(9-5-6-9)15-12(10)16/h9H,3-7H2,1-2H3,(H,14,15,16). The molecule has 18 heavy (non-hydrogen) atoms. The van der Waals surface area contributed by atoms with Crippen molar-refractivity contribution in [2.75, 3.05) is 6.61 Å². The number of nitrogens with one attached hydrogen (secondary N) is 1. The van der Waals surface area contributed by atoms with Gasteiger partial charge in [-0.15, -0.1) is 0 Å². The predicted octanol–water partition coefficient (Wildman–Crippen LogP) is 1.91. The summed E-state index contributed by atoms with van der Waals surface area (Å²) >= 11 is 0. The summed E-state index contributed by atoms with van der Waals surface area (Å²) in [6, 6.07) is 0. The van der Waals surface area contributed by atoms with Gasteiger partial charge in [0.25, 0.3) is 5.56 Å². The Morgan fingerprint density at radius 1 is 1.50 bits per heavy atom. The molecule has 0 aliphatic heterocycles. The quantitative estimate of drug-likeness (QED) is 0.640. The zero-order valence-corrected chi connectivity index (χ0v) is 10.8. The number of H-pyrrole nitrogens is 1. The zero-order chi connectivity index (χ0) is 13.1. The lowest BCUT2D eigenvalue weighted by Crippen LogP contribution is -2.24. The Balaban J connectivity index is 2.17. The molecule has 1 saturated carbocycles. The highest BCUT2D eigenvalue weighted by molar-refractivity contribution is 5.90. The van der Waals surface area contributed by atoms with E-state index in [-0.39, 0.29) is 11.1 Å². The minimum absolute atomic E-state index is 0.0375. The number of aryl methyl sites for hydroxylation is 1. The summed E-state index contributed by atoms with van der Waals surface area (Å²) in [6.45, 7) is 4.04. The molecule has 1 fully saturated rings. The van der Waals surface area contributed by atoms with Gasteiger partial charge in [0.05, 0.1) is 12.3 Å². The first kappa shape index (κ1) is 12.8. The third-order valence-electron chi connectivity index (χ3n) is 3.02. The molecule has 1 aliphatic carbocycles. The highest BCUT2D eigenvalue weighted by Crippen LogP contribution is 2.37. The summed E-state index contributed by atoms with van der Waals surface area (Å²) in [7, 11) is 0. The van der Waals surface area contributed by atoms with E-state index in [4.69, 9.17) is 4.74 Å². The van der Waals surface area contributed by atoms with Crippen LogP contribution >= 0.6 is 0 Å². The second-order valence-electron chi connectivity index (χ2n) is 4.68. The SMILES string of the molecule is CCCCOC(=O)c1c(C)nc(C2CC2)[nH]c1=O. The van der Waals surface area contributed by atoms with Gasteiger partial charge in [0.15, 0.2) is 0 Å².